The summed E-state index contributed by atoms with van der Waals surface area (Å²) >= 11 is 5.26. The van der Waals surface area contributed by atoms with Gasteiger partial charge in [-0.2, -0.15) is 0 Å². The first-order chi connectivity index (χ1) is 8.58. The first kappa shape index (κ1) is 14.9. The topological polar surface area (TPSA) is 55.7 Å². The van der Waals surface area contributed by atoms with Gasteiger partial charge in [0.2, 0.25) is 0 Å². The lowest BCUT2D eigenvalue weighted by Crippen LogP contribution is -2.38. The molecule has 100 valence electrons. The van der Waals surface area contributed by atoms with Crippen LogP contribution in [0.25, 0.3) is 0 Å². The maximum absolute atomic E-state index is 8.95. The van der Waals surface area contributed by atoms with E-state index in [0.717, 1.165) is 5.69 Å². The van der Waals surface area contributed by atoms with Gasteiger partial charge in [0.25, 0.3) is 0 Å². The molecule has 0 fully saturated rings. The van der Waals surface area contributed by atoms with Crippen LogP contribution in [-0.2, 0) is 0 Å². The average Bonchev–Trinajstić information content (AvgIpc) is 2.33. The molecule has 0 amide bonds. The van der Waals surface area contributed by atoms with Crippen molar-refractivity contribution in [3.63, 3.8) is 0 Å². The van der Waals surface area contributed by atoms with Crippen molar-refractivity contribution in [3.8, 4) is 0 Å². The van der Waals surface area contributed by atoms with Crippen molar-refractivity contribution in [1.29, 1.82) is 0 Å². The number of hydrogen-bond acceptors (Lipinski definition) is 3. The molecule has 0 aliphatic carbocycles. The molecule has 0 heterocycles. The van der Waals surface area contributed by atoms with Crippen molar-refractivity contribution >= 4 is 23.0 Å². The van der Waals surface area contributed by atoms with E-state index >= 15 is 0 Å². The molecule has 0 aliphatic heterocycles. The third-order valence-corrected chi connectivity index (χ3v) is 3.15. The van der Waals surface area contributed by atoms with Gasteiger partial charge in [0.15, 0.2) is 5.11 Å². The van der Waals surface area contributed by atoms with Gasteiger partial charge in [-0.05, 0) is 49.3 Å². The van der Waals surface area contributed by atoms with E-state index in [1.807, 2.05) is 25.1 Å². The van der Waals surface area contributed by atoms with Crippen LogP contribution >= 0.6 is 12.2 Å². The van der Waals surface area contributed by atoms with Crippen LogP contribution in [0.3, 0.4) is 0 Å². The minimum atomic E-state index is 0.00868. The predicted molar refractivity (Wildman–Crippen MR) is 77.9 cm³/mol. The molecular formula is C13H20N2O2S. The van der Waals surface area contributed by atoms with Gasteiger partial charge in [-0.15, -0.1) is 0 Å². The van der Waals surface area contributed by atoms with E-state index in [-0.39, 0.29) is 13.2 Å². The molecule has 1 aromatic carbocycles. The number of aliphatic hydroxyl groups is 2. The third kappa shape index (κ3) is 4.25. The average molecular weight is 268 g/mol. The molecule has 18 heavy (non-hydrogen) atoms. The van der Waals surface area contributed by atoms with E-state index < -0.39 is 0 Å². The molecule has 0 atom stereocenters. The quantitative estimate of drug-likeness (QED) is 0.703. The fourth-order valence-corrected chi connectivity index (χ4v) is 1.88. The second kappa shape index (κ2) is 7.31. The van der Waals surface area contributed by atoms with E-state index in [0.29, 0.717) is 18.2 Å². The number of hydrogen-bond donors (Lipinski definition) is 3. The number of nitrogens with zero attached hydrogens (tertiary/aromatic N) is 1. The van der Waals surface area contributed by atoms with Crippen LogP contribution in [0.2, 0.25) is 0 Å². The molecule has 0 saturated carbocycles. The minimum absolute atomic E-state index is 0.00868. The highest BCUT2D eigenvalue weighted by atomic mass is 32.1. The van der Waals surface area contributed by atoms with Gasteiger partial charge in [-0.1, -0.05) is 6.07 Å². The number of aliphatic hydroxyl groups excluding tert-OH is 2. The van der Waals surface area contributed by atoms with Crippen molar-refractivity contribution in [2.24, 2.45) is 0 Å². The third-order valence-electron chi connectivity index (χ3n) is 2.79. The summed E-state index contributed by atoms with van der Waals surface area (Å²) in [5.41, 5.74) is 3.34. The summed E-state index contributed by atoms with van der Waals surface area (Å²) in [6.07, 6.45) is 0. The van der Waals surface area contributed by atoms with Crippen molar-refractivity contribution in [2.45, 2.75) is 13.8 Å². The van der Waals surface area contributed by atoms with Gasteiger partial charge in [-0.25, -0.2) is 0 Å². The zero-order valence-electron chi connectivity index (χ0n) is 10.8. The van der Waals surface area contributed by atoms with Crippen LogP contribution in [0.4, 0.5) is 5.69 Å². The zero-order chi connectivity index (χ0) is 13.5. The molecule has 0 saturated heterocycles. The number of anilines is 1. The second-order valence-corrected chi connectivity index (χ2v) is 4.55. The molecule has 0 bridgehead atoms. The van der Waals surface area contributed by atoms with Crippen molar-refractivity contribution < 1.29 is 10.2 Å². The predicted octanol–water partition coefficient (Wildman–Crippen LogP) is 1.29. The number of benzene rings is 1. The molecule has 0 spiro atoms. The molecular weight excluding hydrogens is 248 g/mol. The van der Waals surface area contributed by atoms with Crippen LogP contribution in [-0.4, -0.2) is 46.5 Å². The summed E-state index contributed by atoms with van der Waals surface area (Å²) in [7, 11) is 0. The summed E-state index contributed by atoms with van der Waals surface area (Å²) in [4.78, 5) is 1.74. The lowest BCUT2D eigenvalue weighted by molar-refractivity contribution is 0.214. The first-order valence-corrected chi connectivity index (χ1v) is 6.34. The second-order valence-electron chi connectivity index (χ2n) is 4.16. The summed E-state index contributed by atoms with van der Waals surface area (Å²) in [6.45, 7) is 4.95. The van der Waals surface area contributed by atoms with E-state index in [1.165, 1.54) is 11.1 Å². The van der Waals surface area contributed by atoms with E-state index in [2.05, 4.69) is 12.2 Å². The van der Waals surface area contributed by atoms with Crippen LogP contribution < -0.4 is 5.32 Å². The first-order valence-electron chi connectivity index (χ1n) is 5.93. The molecule has 0 radical (unpaired) electrons. The number of rotatable bonds is 5. The summed E-state index contributed by atoms with van der Waals surface area (Å²) in [5, 5.41) is 21.5. The Morgan fingerprint density at radius 2 is 1.78 bits per heavy atom. The molecule has 3 N–H and O–H groups in total. The SMILES string of the molecule is Cc1ccc(NC(=S)N(CCO)CCO)cc1C. The monoisotopic (exact) mass is 268 g/mol. The summed E-state index contributed by atoms with van der Waals surface area (Å²) < 4.78 is 0. The maximum atomic E-state index is 8.95. The Balaban J connectivity index is 2.69. The van der Waals surface area contributed by atoms with Gasteiger partial charge in [0, 0.05) is 18.8 Å². The lowest BCUT2D eigenvalue weighted by Gasteiger charge is -2.24. The largest absolute Gasteiger partial charge is 0.395 e. The van der Waals surface area contributed by atoms with E-state index in [4.69, 9.17) is 22.4 Å². The molecule has 5 heteroatoms. The Morgan fingerprint density at radius 1 is 1.17 bits per heavy atom. The fourth-order valence-electron chi connectivity index (χ4n) is 1.58. The highest BCUT2D eigenvalue weighted by molar-refractivity contribution is 7.80. The smallest absolute Gasteiger partial charge is 0.173 e. The van der Waals surface area contributed by atoms with Crippen molar-refractivity contribution in [1.82, 2.24) is 4.90 Å². The summed E-state index contributed by atoms with van der Waals surface area (Å²) in [5.74, 6) is 0. The number of nitrogens with one attached hydrogen (secondary N) is 1. The van der Waals surface area contributed by atoms with Crippen molar-refractivity contribution in [3.05, 3.63) is 29.3 Å². The van der Waals surface area contributed by atoms with Crippen LogP contribution in [0.15, 0.2) is 18.2 Å². The molecule has 0 aromatic heterocycles. The van der Waals surface area contributed by atoms with Crippen LogP contribution in [0, 0.1) is 13.8 Å². The van der Waals surface area contributed by atoms with Gasteiger partial charge in [0.05, 0.1) is 13.2 Å². The molecule has 1 aromatic rings. The van der Waals surface area contributed by atoms with Gasteiger partial charge >= 0.3 is 0 Å². The molecule has 1 rings (SSSR count). The van der Waals surface area contributed by atoms with Crippen LogP contribution in [0.5, 0.6) is 0 Å². The number of thiocarbonyl (C=S) groups is 1. The Hall–Kier alpha value is -1.17. The Morgan fingerprint density at radius 3 is 2.28 bits per heavy atom. The highest BCUT2D eigenvalue weighted by Gasteiger charge is 2.08. The lowest BCUT2D eigenvalue weighted by atomic mass is 10.1. The Labute approximate surface area is 113 Å². The maximum Gasteiger partial charge on any atom is 0.173 e. The normalized spacial score (nSPS) is 10.2. The van der Waals surface area contributed by atoms with E-state index in [1.54, 1.807) is 4.90 Å². The van der Waals surface area contributed by atoms with Gasteiger partial charge in [0.1, 0.15) is 0 Å². The summed E-state index contributed by atoms with van der Waals surface area (Å²) in [6, 6.07) is 6.02. The molecule has 0 aliphatic rings. The van der Waals surface area contributed by atoms with Crippen molar-refractivity contribution in [2.75, 3.05) is 31.6 Å². The minimum Gasteiger partial charge on any atom is -0.395 e. The Kier molecular flexibility index (Phi) is 6.04. The highest BCUT2D eigenvalue weighted by Crippen LogP contribution is 2.14. The van der Waals surface area contributed by atoms with Gasteiger partial charge < -0.3 is 20.4 Å². The Bertz CT molecular complexity index is 404. The standard InChI is InChI=1S/C13H20N2O2S/c1-10-3-4-12(9-11(10)2)14-13(18)15(5-7-16)6-8-17/h3-4,9,16-17H,5-8H2,1-2H3,(H,14,18). The van der Waals surface area contributed by atoms with Crippen LogP contribution in [0.1, 0.15) is 11.1 Å². The zero-order valence-corrected chi connectivity index (χ0v) is 11.6. The molecule has 4 nitrogen and oxygen atoms in total. The number of aryl methyl sites for hydroxylation is 2. The van der Waals surface area contributed by atoms with E-state index in [9.17, 15) is 0 Å². The van der Waals surface area contributed by atoms with Gasteiger partial charge in [-0.3, -0.25) is 0 Å². The fraction of sp³-hybridized carbons (Fsp3) is 0.462. The molecule has 0 unspecified atom stereocenters.